The van der Waals surface area contributed by atoms with Crippen LogP contribution in [0.3, 0.4) is 0 Å². The summed E-state index contributed by atoms with van der Waals surface area (Å²) in [6, 6.07) is 0. The zero-order chi connectivity index (χ0) is 15.2. The van der Waals surface area contributed by atoms with Crippen LogP contribution in [0, 0.1) is 5.41 Å². The monoisotopic (exact) mass is 296 g/mol. The van der Waals surface area contributed by atoms with Gasteiger partial charge in [0, 0.05) is 6.61 Å². The third-order valence-electron chi connectivity index (χ3n) is 5.56. The minimum Gasteiger partial charge on any atom is -0.396 e. The van der Waals surface area contributed by atoms with E-state index in [9.17, 15) is 5.11 Å². The van der Waals surface area contributed by atoms with Crippen LogP contribution in [-0.4, -0.2) is 11.7 Å². The molecule has 0 saturated heterocycles. The van der Waals surface area contributed by atoms with Gasteiger partial charge in [-0.3, -0.25) is 0 Å². The second-order valence-corrected chi connectivity index (χ2v) is 7.50. The number of rotatable bonds is 13. The Balaban J connectivity index is 1.87. The van der Waals surface area contributed by atoms with Crippen molar-refractivity contribution in [1.29, 1.82) is 0 Å². The second-order valence-electron chi connectivity index (χ2n) is 7.50. The standard InChI is InChI=1S/C20H40O/c1-2-3-4-5-6-7-8-9-10-11-13-16-20(19-21)17-14-12-15-18-20/h21H,2-19H2,1H3. The summed E-state index contributed by atoms with van der Waals surface area (Å²) in [6.45, 7) is 2.72. The average molecular weight is 297 g/mol. The first-order chi connectivity index (χ1) is 10.3. The van der Waals surface area contributed by atoms with E-state index in [1.807, 2.05) is 0 Å². The van der Waals surface area contributed by atoms with Crippen LogP contribution in [-0.2, 0) is 0 Å². The molecule has 0 amide bonds. The van der Waals surface area contributed by atoms with Gasteiger partial charge >= 0.3 is 0 Å². The van der Waals surface area contributed by atoms with E-state index >= 15 is 0 Å². The van der Waals surface area contributed by atoms with Crippen LogP contribution in [0.25, 0.3) is 0 Å². The molecule has 1 aliphatic carbocycles. The molecule has 0 spiro atoms. The zero-order valence-corrected chi connectivity index (χ0v) is 14.7. The lowest BCUT2D eigenvalue weighted by Gasteiger charge is -2.35. The van der Waals surface area contributed by atoms with Gasteiger partial charge in [0.2, 0.25) is 0 Å². The van der Waals surface area contributed by atoms with Crippen molar-refractivity contribution in [3.63, 3.8) is 0 Å². The predicted octanol–water partition coefficient (Wildman–Crippen LogP) is 6.63. The molecule has 1 N–H and O–H groups in total. The Kier molecular flexibility index (Phi) is 11.3. The third-order valence-corrected chi connectivity index (χ3v) is 5.56. The molecule has 1 heteroatoms. The largest absolute Gasteiger partial charge is 0.396 e. The highest BCUT2D eigenvalue weighted by molar-refractivity contribution is 4.82. The average Bonchev–Trinajstić information content (AvgIpc) is 2.53. The lowest BCUT2D eigenvalue weighted by molar-refractivity contribution is 0.0706. The maximum absolute atomic E-state index is 9.70. The molecular weight excluding hydrogens is 256 g/mol. The minimum atomic E-state index is 0.317. The maximum Gasteiger partial charge on any atom is 0.0487 e. The van der Waals surface area contributed by atoms with Crippen LogP contribution < -0.4 is 0 Å². The highest BCUT2D eigenvalue weighted by atomic mass is 16.3. The summed E-state index contributed by atoms with van der Waals surface area (Å²) in [5.41, 5.74) is 0.317. The summed E-state index contributed by atoms with van der Waals surface area (Å²) < 4.78 is 0. The fraction of sp³-hybridized carbons (Fsp3) is 1.00. The van der Waals surface area contributed by atoms with Gasteiger partial charge in [0.05, 0.1) is 0 Å². The molecule has 1 fully saturated rings. The quantitative estimate of drug-likeness (QED) is 0.378. The molecule has 0 aromatic carbocycles. The van der Waals surface area contributed by atoms with E-state index in [1.54, 1.807) is 0 Å². The molecule has 0 unspecified atom stereocenters. The van der Waals surface area contributed by atoms with Gasteiger partial charge in [-0.25, -0.2) is 0 Å². The summed E-state index contributed by atoms with van der Waals surface area (Å²) in [6.07, 6.45) is 23.5. The van der Waals surface area contributed by atoms with Crippen molar-refractivity contribution in [2.24, 2.45) is 5.41 Å². The summed E-state index contributed by atoms with van der Waals surface area (Å²) in [7, 11) is 0. The lowest BCUT2D eigenvalue weighted by atomic mass is 9.71. The summed E-state index contributed by atoms with van der Waals surface area (Å²) in [5.74, 6) is 0. The molecule has 0 heterocycles. The molecule has 0 aromatic rings. The molecule has 1 rings (SSSR count). The number of aliphatic hydroxyl groups is 1. The number of unbranched alkanes of at least 4 members (excludes halogenated alkanes) is 10. The van der Waals surface area contributed by atoms with Crippen molar-refractivity contribution >= 4 is 0 Å². The first-order valence-electron chi connectivity index (χ1n) is 9.94. The lowest BCUT2D eigenvalue weighted by Crippen LogP contribution is -2.28. The Morgan fingerprint density at radius 3 is 1.62 bits per heavy atom. The number of hydrogen-bond acceptors (Lipinski definition) is 1. The normalized spacial score (nSPS) is 18.0. The van der Waals surface area contributed by atoms with Crippen LogP contribution in [0.15, 0.2) is 0 Å². The van der Waals surface area contributed by atoms with Crippen LogP contribution in [0.5, 0.6) is 0 Å². The molecule has 1 saturated carbocycles. The molecule has 1 aliphatic rings. The topological polar surface area (TPSA) is 20.2 Å². The van der Waals surface area contributed by atoms with Crippen molar-refractivity contribution in [2.45, 2.75) is 116 Å². The highest BCUT2D eigenvalue weighted by Gasteiger charge is 2.30. The second kappa shape index (κ2) is 12.5. The van der Waals surface area contributed by atoms with Gasteiger partial charge in [0.25, 0.3) is 0 Å². The van der Waals surface area contributed by atoms with E-state index in [4.69, 9.17) is 0 Å². The Morgan fingerprint density at radius 1 is 0.667 bits per heavy atom. The van der Waals surface area contributed by atoms with Gasteiger partial charge in [-0.1, -0.05) is 96.8 Å². The molecule has 0 bridgehead atoms. The molecule has 1 nitrogen and oxygen atoms in total. The first kappa shape index (κ1) is 19.0. The molecule has 0 atom stereocenters. The van der Waals surface area contributed by atoms with Crippen molar-refractivity contribution in [3.05, 3.63) is 0 Å². The van der Waals surface area contributed by atoms with Gasteiger partial charge in [0.1, 0.15) is 0 Å². The van der Waals surface area contributed by atoms with Crippen molar-refractivity contribution in [1.82, 2.24) is 0 Å². The van der Waals surface area contributed by atoms with E-state index < -0.39 is 0 Å². The summed E-state index contributed by atoms with van der Waals surface area (Å²) >= 11 is 0. The number of aliphatic hydroxyl groups excluding tert-OH is 1. The molecule has 126 valence electrons. The van der Waals surface area contributed by atoms with Gasteiger partial charge in [-0.05, 0) is 24.7 Å². The van der Waals surface area contributed by atoms with Crippen LogP contribution in [0.4, 0.5) is 0 Å². The predicted molar refractivity (Wildman–Crippen MR) is 93.7 cm³/mol. The SMILES string of the molecule is CCCCCCCCCCCCCC1(CO)CCCCC1. The van der Waals surface area contributed by atoms with E-state index in [-0.39, 0.29) is 0 Å². The van der Waals surface area contributed by atoms with E-state index in [0.717, 1.165) is 0 Å². The van der Waals surface area contributed by atoms with Gasteiger partial charge in [-0.2, -0.15) is 0 Å². The van der Waals surface area contributed by atoms with Crippen LogP contribution >= 0.6 is 0 Å². The van der Waals surface area contributed by atoms with Crippen molar-refractivity contribution < 1.29 is 5.11 Å². The fourth-order valence-electron chi connectivity index (χ4n) is 3.95. The summed E-state index contributed by atoms with van der Waals surface area (Å²) in [5, 5.41) is 9.70. The van der Waals surface area contributed by atoms with Crippen molar-refractivity contribution in [3.8, 4) is 0 Å². The molecule has 0 radical (unpaired) electrons. The third kappa shape index (κ3) is 8.86. The Labute approximate surface area is 133 Å². The minimum absolute atomic E-state index is 0.317. The Hall–Kier alpha value is -0.0400. The van der Waals surface area contributed by atoms with Gasteiger partial charge in [-0.15, -0.1) is 0 Å². The van der Waals surface area contributed by atoms with Gasteiger partial charge in [0.15, 0.2) is 0 Å². The van der Waals surface area contributed by atoms with E-state index in [2.05, 4.69) is 6.92 Å². The highest BCUT2D eigenvalue weighted by Crippen LogP contribution is 2.40. The Morgan fingerprint density at radius 2 is 1.14 bits per heavy atom. The fourth-order valence-corrected chi connectivity index (χ4v) is 3.95. The Bertz CT molecular complexity index is 218. The number of hydrogen-bond donors (Lipinski definition) is 1. The zero-order valence-electron chi connectivity index (χ0n) is 14.7. The first-order valence-corrected chi connectivity index (χ1v) is 9.94. The van der Waals surface area contributed by atoms with Crippen molar-refractivity contribution in [2.75, 3.05) is 6.61 Å². The molecule has 0 aliphatic heterocycles. The van der Waals surface area contributed by atoms with Gasteiger partial charge < -0.3 is 5.11 Å². The van der Waals surface area contributed by atoms with Crippen LogP contribution in [0.1, 0.15) is 116 Å². The molecule has 0 aromatic heterocycles. The smallest absolute Gasteiger partial charge is 0.0487 e. The molecular formula is C20H40O. The van der Waals surface area contributed by atoms with Crippen LogP contribution in [0.2, 0.25) is 0 Å². The van der Waals surface area contributed by atoms with E-state index in [1.165, 1.54) is 109 Å². The maximum atomic E-state index is 9.70. The molecule has 21 heavy (non-hydrogen) atoms. The van der Waals surface area contributed by atoms with E-state index in [0.29, 0.717) is 12.0 Å². The summed E-state index contributed by atoms with van der Waals surface area (Å²) in [4.78, 5) is 0.